The van der Waals surface area contributed by atoms with Gasteiger partial charge in [-0.05, 0) is 25.1 Å². The van der Waals surface area contributed by atoms with Crippen LogP contribution in [0.3, 0.4) is 0 Å². The van der Waals surface area contributed by atoms with Gasteiger partial charge in [0.1, 0.15) is 11.1 Å². The first-order valence-electron chi connectivity index (χ1n) is 5.40. The van der Waals surface area contributed by atoms with E-state index in [2.05, 4.69) is 16.3 Å². The molecule has 2 rings (SSSR count). The fourth-order valence-corrected chi connectivity index (χ4v) is 2.59. The van der Waals surface area contributed by atoms with Crippen LogP contribution < -0.4 is 0 Å². The van der Waals surface area contributed by atoms with Gasteiger partial charge in [0.15, 0.2) is 0 Å². The van der Waals surface area contributed by atoms with Gasteiger partial charge >= 0.3 is 5.97 Å². The number of esters is 1. The molecule has 0 unspecified atom stereocenters. The third-order valence-electron chi connectivity index (χ3n) is 2.03. The van der Waals surface area contributed by atoms with Gasteiger partial charge in [-0.1, -0.05) is 11.3 Å². The zero-order valence-electron chi connectivity index (χ0n) is 9.99. The average Bonchev–Trinajstić information content (AvgIpc) is 3.06. The summed E-state index contributed by atoms with van der Waals surface area (Å²) in [5, 5.41) is 19.0. The molecule has 2 aromatic heterocycles. The second kappa shape index (κ2) is 6.22. The number of nitriles is 1. The minimum absolute atomic E-state index is 0.241. The van der Waals surface area contributed by atoms with E-state index in [4.69, 9.17) is 10.00 Å². The normalized spacial score (nSPS) is 10.5. The largest absolute Gasteiger partial charge is 0.461 e. The van der Waals surface area contributed by atoms with Crippen LogP contribution in [-0.4, -0.2) is 22.8 Å². The van der Waals surface area contributed by atoms with Crippen LogP contribution in [0.25, 0.3) is 12.2 Å². The van der Waals surface area contributed by atoms with Crippen molar-refractivity contribution in [1.29, 1.82) is 5.26 Å². The van der Waals surface area contributed by atoms with Crippen LogP contribution in [-0.2, 0) is 4.74 Å². The maximum Gasteiger partial charge on any atom is 0.369 e. The van der Waals surface area contributed by atoms with Gasteiger partial charge in [-0.2, -0.15) is 5.26 Å². The highest BCUT2D eigenvalue weighted by Gasteiger charge is 2.12. The molecule has 0 fully saturated rings. The molecule has 0 aromatic carbocycles. The SMILES string of the molecule is CCOC(=O)c1nnc(/C=C/c2cc(C#N)cs2)s1. The molecule has 7 heteroatoms. The summed E-state index contributed by atoms with van der Waals surface area (Å²) in [5.41, 5.74) is 0.633. The zero-order chi connectivity index (χ0) is 13.7. The van der Waals surface area contributed by atoms with Crippen LogP contribution in [0.15, 0.2) is 11.4 Å². The van der Waals surface area contributed by atoms with Gasteiger partial charge in [0.2, 0.25) is 5.01 Å². The van der Waals surface area contributed by atoms with E-state index < -0.39 is 5.97 Å². The summed E-state index contributed by atoms with van der Waals surface area (Å²) in [5.74, 6) is -0.456. The van der Waals surface area contributed by atoms with Gasteiger partial charge in [-0.15, -0.1) is 21.5 Å². The number of ether oxygens (including phenoxy) is 1. The zero-order valence-corrected chi connectivity index (χ0v) is 11.6. The Balaban J connectivity index is 2.07. The lowest BCUT2D eigenvalue weighted by atomic mass is 10.3. The van der Waals surface area contributed by atoms with Crippen molar-refractivity contribution >= 4 is 40.8 Å². The van der Waals surface area contributed by atoms with Crippen molar-refractivity contribution in [2.45, 2.75) is 6.92 Å². The van der Waals surface area contributed by atoms with Gasteiger partial charge in [-0.25, -0.2) is 4.79 Å². The number of rotatable bonds is 4. The molecule has 19 heavy (non-hydrogen) atoms. The molecule has 0 N–H and O–H groups in total. The molecule has 0 aliphatic rings. The summed E-state index contributed by atoms with van der Waals surface area (Å²) in [4.78, 5) is 12.4. The van der Waals surface area contributed by atoms with E-state index in [1.54, 1.807) is 24.4 Å². The quantitative estimate of drug-likeness (QED) is 0.810. The summed E-state index contributed by atoms with van der Waals surface area (Å²) in [7, 11) is 0. The van der Waals surface area contributed by atoms with E-state index >= 15 is 0 Å². The molecule has 0 aliphatic heterocycles. The smallest absolute Gasteiger partial charge is 0.369 e. The third-order valence-corrected chi connectivity index (χ3v) is 3.80. The minimum atomic E-state index is -0.456. The first-order chi connectivity index (χ1) is 9.22. The Morgan fingerprint density at radius 1 is 1.53 bits per heavy atom. The molecule has 0 bridgehead atoms. The first kappa shape index (κ1) is 13.4. The Kier molecular flexibility index (Phi) is 4.39. The maximum absolute atomic E-state index is 11.4. The molecule has 0 spiro atoms. The van der Waals surface area contributed by atoms with Crippen molar-refractivity contribution in [3.63, 3.8) is 0 Å². The predicted molar refractivity (Wildman–Crippen MR) is 73.8 cm³/mol. The lowest BCUT2D eigenvalue weighted by Gasteiger charge is -1.93. The van der Waals surface area contributed by atoms with Crippen molar-refractivity contribution in [3.8, 4) is 6.07 Å². The summed E-state index contributed by atoms with van der Waals surface area (Å²) >= 11 is 2.64. The van der Waals surface area contributed by atoms with E-state index in [1.807, 2.05) is 6.08 Å². The number of thiophene rings is 1. The monoisotopic (exact) mass is 291 g/mol. The topological polar surface area (TPSA) is 75.9 Å². The number of carbonyl (C=O) groups excluding carboxylic acids is 1. The highest BCUT2D eigenvalue weighted by molar-refractivity contribution is 7.14. The lowest BCUT2D eigenvalue weighted by Crippen LogP contribution is -2.03. The van der Waals surface area contributed by atoms with Gasteiger partial charge in [0.25, 0.3) is 0 Å². The van der Waals surface area contributed by atoms with E-state index in [-0.39, 0.29) is 5.01 Å². The van der Waals surface area contributed by atoms with Crippen LogP contribution in [0, 0.1) is 11.3 Å². The van der Waals surface area contributed by atoms with Crippen molar-refractivity contribution in [2.24, 2.45) is 0 Å². The number of carbonyl (C=O) groups is 1. The molecule has 5 nitrogen and oxygen atoms in total. The summed E-state index contributed by atoms with van der Waals surface area (Å²) in [6.45, 7) is 2.05. The molecule has 0 saturated heterocycles. The first-order valence-corrected chi connectivity index (χ1v) is 7.10. The van der Waals surface area contributed by atoms with Crippen LogP contribution in [0.1, 0.15) is 32.2 Å². The van der Waals surface area contributed by atoms with Crippen LogP contribution >= 0.6 is 22.7 Å². The second-order valence-electron chi connectivity index (χ2n) is 3.35. The highest BCUT2D eigenvalue weighted by Crippen LogP contribution is 2.18. The van der Waals surface area contributed by atoms with Crippen molar-refractivity contribution in [2.75, 3.05) is 6.61 Å². The predicted octanol–water partition coefficient (Wildman–Crippen LogP) is 2.82. The average molecular weight is 291 g/mol. The Morgan fingerprint density at radius 2 is 2.37 bits per heavy atom. The van der Waals surface area contributed by atoms with Crippen LogP contribution in [0.4, 0.5) is 0 Å². The molecule has 0 amide bonds. The van der Waals surface area contributed by atoms with Gasteiger partial charge < -0.3 is 4.74 Å². The van der Waals surface area contributed by atoms with Crippen molar-refractivity contribution < 1.29 is 9.53 Å². The highest BCUT2D eigenvalue weighted by atomic mass is 32.1. The standard InChI is InChI=1S/C12H9N3O2S2/c1-2-17-12(16)11-15-14-10(19-11)4-3-9-5-8(6-13)7-18-9/h3-5,7H,2H2,1H3/b4-3+. The number of hydrogen-bond acceptors (Lipinski definition) is 7. The molecule has 2 heterocycles. The summed E-state index contributed by atoms with van der Waals surface area (Å²) in [6.07, 6.45) is 3.59. The van der Waals surface area contributed by atoms with Crippen LogP contribution in [0.2, 0.25) is 0 Å². The molecule has 0 atom stereocenters. The van der Waals surface area contributed by atoms with Crippen molar-refractivity contribution in [1.82, 2.24) is 10.2 Å². The Hall–Kier alpha value is -2.04. The van der Waals surface area contributed by atoms with E-state index in [9.17, 15) is 4.79 Å². The fraction of sp³-hybridized carbons (Fsp3) is 0.167. The minimum Gasteiger partial charge on any atom is -0.461 e. The molecule has 0 saturated carbocycles. The Labute approximate surface area is 117 Å². The molecule has 2 aromatic rings. The number of aromatic nitrogens is 2. The summed E-state index contributed by atoms with van der Waals surface area (Å²) < 4.78 is 4.83. The lowest BCUT2D eigenvalue weighted by molar-refractivity contribution is 0.0525. The third kappa shape index (κ3) is 3.47. The van der Waals surface area contributed by atoms with E-state index in [0.717, 1.165) is 4.88 Å². The Bertz CT molecular complexity index is 652. The van der Waals surface area contributed by atoms with E-state index in [0.29, 0.717) is 17.2 Å². The summed E-state index contributed by atoms with van der Waals surface area (Å²) in [6, 6.07) is 3.85. The molecule has 0 aliphatic carbocycles. The van der Waals surface area contributed by atoms with E-state index in [1.165, 1.54) is 22.7 Å². The molecular weight excluding hydrogens is 282 g/mol. The van der Waals surface area contributed by atoms with Crippen molar-refractivity contribution in [3.05, 3.63) is 31.9 Å². The second-order valence-corrected chi connectivity index (χ2v) is 5.30. The van der Waals surface area contributed by atoms with Gasteiger partial charge in [0.05, 0.1) is 12.2 Å². The van der Waals surface area contributed by atoms with Gasteiger partial charge in [-0.3, -0.25) is 0 Å². The number of hydrogen-bond donors (Lipinski definition) is 0. The molecular formula is C12H9N3O2S2. The fourth-order valence-electron chi connectivity index (χ4n) is 1.23. The maximum atomic E-state index is 11.4. The molecule has 0 radical (unpaired) electrons. The van der Waals surface area contributed by atoms with Crippen LogP contribution in [0.5, 0.6) is 0 Å². The Morgan fingerprint density at radius 3 is 3.05 bits per heavy atom. The van der Waals surface area contributed by atoms with Gasteiger partial charge in [0, 0.05) is 10.3 Å². The number of nitrogens with zero attached hydrogens (tertiary/aromatic N) is 3. The molecule has 96 valence electrons.